The molecule has 0 aliphatic rings. The Morgan fingerprint density at radius 3 is 2.67 bits per heavy atom. The van der Waals surface area contributed by atoms with Crippen LogP contribution in [0.5, 0.6) is 0 Å². The van der Waals surface area contributed by atoms with Gasteiger partial charge in [0.1, 0.15) is 5.58 Å². The highest BCUT2D eigenvalue weighted by Gasteiger charge is 2.11. The van der Waals surface area contributed by atoms with E-state index in [2.05, 4.69) is 6.07 Å². The summed E-state index contributed by atoms with van der Waals surface area (Å²) in [7, 11) is 0. The van der Waals surface area contributed by atoms with Gasteiger partial charge in [-0.3, -0.25) is 4.79 Å². The highest BCUT2D eigenvalue weighted by Crippen LogP contribution is 2.24. The molecule has 2 nitrogen and oxygen atoms in total. The Labute approximate surface area is 88.9 Å². The van der Waals surface area contributed by atoms with Crippen LogP contribution in [0.25, 0.3) is 11.0 Å². The summed E-state index contributed by atoms with van der Waals surface area (Å²) in [6.45, 7) is 5.90. The van der Waals surface area contributed by atoms with Crippen molar-refractivity contribution in [3.05, 3.63) is 35.1 Å². The maximum absolute atomic E-state index is 11.5. The van der Waals surface area contributed by atoms with Gasteiger partial charge in [-0.15, -0.1) is 0 Å². The third kappa shape index (κ3) is 1.67. The lowest BCUT2D eigenvalue weighted by Crippen LogP contribution is -1.92. The summed E-state index contributed by atoms with van der Waals surface area (Å²) in [6.07, 6.45) is 0.484. The molecule has 78 valence electrons. The van der Waals surface area contributed by atoms with Gasteiger partial charge in [-0.2, -0.15) is 0 Å². The van der Waals surface area contributed by atoms with Crippen molar-refractivity contribution in [1.82, 2.24) is 0 Å². The number of hydrogen-bond donors (Lipinski definition) is 0. The number of fused-ring (bicyclic) bond motifs is 1. The van der Waals surface area contributed by atoms with Crippen LogP contribution in [-0.2, 0) is 0 Å². The second kappa shape index (κ2) is 3.54. The van der Waals surface area contributed by atoms with Crippen LogP contribution in [0.3, 0.4) is 0 Å². The number of Topliss-reactive ketones (excluding diaryl/α,β-unsaturated/α-hetero) is 1. The summed E-state index contributed by atoms with van der Waals surface area (Å²) >= 11 is 0. The molecule has 0 aliphatic carbocycles. The standard InChI is InChI=1S/C13H14O2/c1-4-11(14)13-7-10-9(3)5-8(2)6-12(10)15-13/h5-7H,4H2,1-3H3. The van der Waals surface area contributed by atoms with Gasteiger partial charge in [-0.05, 0) is 37.1 Å². The summed E-state index contributed by atoms with van der Waals surface area (Å²) in [4.78, 5) is 11.5. The highest BCUT2D eigenvalue weighted by atomic mass is 16.3. The van der Waals surface area contributed by atoms with Crippen molar-refractivity contribution in [1.29, 1.82) is 0 Å². The number of aryl methyl sites for hydroxylation is 2. The smallest absolute Gasteiger partial charge is 0.197 e. The zero-order valence-electron chi connectivity index (χ0n) is 9.26. The fourth-order valence-electron chi connectivity index (χ4n) is 1.80. The van der Waals surface area contributed by atoms with Crippen LogP contribution in [0.1, 0.15) is 35.0 Å². The lowest BCUT2D eigenvalue weighted by molar-refractivity contribution is 0.0963. The number of carbonyl (C=O) groups excluding carboxylic acids is 1. The molecule has 1 aromatic heterocycles. The van der Waals surface area contributed by atoms with Crippen molar-refractivity contribution in [3.8, 4) is 0 Å². The number of hydrogen-bond acceptors (Lipinski definition) is 2. The topological polar surface area (TPSA) is 30.2 Å². The fourth-order valence-corrected chi connectivity index (χ4v) is 1.80. The van der Waals surface area contributed by atoms with E-state index in [1.807, 2.05) is 32.9 Å². The molecule has 0 aliphatic heterocycles. The monoisotopic (exact) mass is 202 g/mol. The van der Waals surface area contributed by atoms with E-state index >= 15 is 0 Å². The summed E-state index contributed by atoms with van der Waals surface area (Å²) in [5, 5.41) is 1.04. The Morgan fingerprint density at radius 2 is 2.00 bits per heavy atom. The van der Waals surface area contributed by atoms with Crippen molar-refractivity contribution in [2.45, 2.75) is 27.2 Å². The zero-order valence-corrected chi connectivity index (χ0v) is 9.26. The number of ketones is 1. The molecule has 0 fully saturated rings. The van der Waals surface area contributed by atoms with Crippen LogP contribution in [-0.4, -0.2) is 5.78 Å². The summed E-state index contributed by atoms with van der Waals surface area (Å²) < 4.78 is 5.53. The van der Waals surface area contributed by atoms with E-state index in [-0.39, 0.29) is 5.78 Å². The molecule has 0 saturated carbocycles. The van der Waals surface area contributed by atoms with Crippen LogP contribution in [0, 0.1) is 13.8 Å². The Hall–Kier alpha value is -1.57. The van der Waals surface area contributed by atoms with Gasteiger partial charge in [0, 0.05) is 11.8 Å². The molecular weight excluding hydrogens is 188 g/mol. The molecule has 1 heterocycles. The molecule has 0 N–H and O–H groups in total. The number of carbonyl (C=O) groups is 1. The molecule has 2 heteroatoms. The molecule has 0 radical (unpaired) electrons. The van der Waals surface area contributed by atoms with E-state index in [1.54, 1.807) is 0 Å². The van der Waals surface area contributed by atoms with Crippen molar-refractivity contribution in [2.75, 3.05) is 0 Å². The van der Waals surface area contributed by atoms with Gasteiger partial charge in [-0.25, -0.2) is 0 Å². The molecule has 1 aromatic carbocycles. The Kier molecular flexibility index (Phi) is 2.35. The molecule has 0 unspecified atom stereocenters. The van der Waals surface area contributed by atoms with Gasteiger partial charge in [0.25, 0.3) is 0 Å². The average molecular weight is 202 g/mol. The van der Waals surface area contributed by atoms with Crippen LogP contribution < -0.4 is 0 Å². The Balaban J connectivity index is 2.65. The van der Waals surface area contributed by atoms with Crippen molar-refractivity contribution >= 4 is 16.8 Å². The molecule has 0 amide bonds. The minimum Gasteiger partial charge on any atom is -0.453 e. The van der Waals surface area contributed by atoms with Gasteiger partial charge in [-0.1, -0.05) is 13.0 Å². The first-order valence-corrected chi connectivity index (χ1v) is 5.16. The molecule has 0 atom stereocenters. The number of benzene rings is 1. The van der Waals surface area contributed by atoms with E-state index in [4.69, 9.17) is 4.42 Å². The van der Waals surface area contributed by atoms with Crippen molar-refractivity contribution in [2.24, 2.45) is 0 Å². The minimum atomic E-state index is 0.0586. The lowest BCUT2D eigenvalue weighted by Gasteiger charge is -1.96. The van der Waals surface area contributed by atoms with Crippen LogP contribution >= 0.6 is 0 Å². The molecular formula is C13H14O2. The molecule has 0 bridgehead atoms. The molecule has 2 rings (SSSR count). The highest BCUT2D eigenvalue weighted by molar-refractivity contribution is 5.98. The van der Waals surface area contributed by atoms with Gasteiger partial charge in [0.15, 0.2) is 11.5 Å². The molecule has 0 saturated heterocycles. The fraction of sp³-hybridized carbons (Fsp3) is 0.308. The molecule has 2 aromatic rings. The molecule has 0 spiro atoms. The Bertz CT molecular complexity index is 521. The molecule has 15 heavy (non-hydrogen) atoms. The van der Waals surface area contributed by atoms with Crippen molar-refractivity contribution < 1.29 is 9.21 Å². The first kappa shape index (κ1) is 9.97. The minimum absolute atomic E-state index is 0.0586. The SMILES string of the molecule is CCC(=O)c1cc2c(C)cc(C)cc2o1. The van der Waals surface area contributed by atoms with Gasteiger partial charge in [0.05, 0.1) is 0 Å². The third-order valence-electron chi connectivity index (χ3n) is 2.58. The van der Waals surface area contributed by atoms with E-state index in [0.717, 1.165) is 22.1 Å². The van der Waals surface area contributed by atoms with E-state index in [0.29, 0.717) is 12.2 Å². The lowest BCUT2D eigenvalue weighted by atomic mass is 10.1. The second-order valence-corrected chi connectivity index (χ2v) is 3.88. The van der Waals surface area contributed by atoms with E-state index in [1.165, 1.54) is 0 Å². The average Bonchev–Trinajstić information content (AvgIpc) is 2.60. The summed E-state index contributed by atoms with van der Waals surface area (Å²) in [5.74, 6) is 0.532. The predicted octanol–water partition coefficient (Wildman–Crippen LogP) is 3.64. The summed E-state index contributed by atoms with van der Waals surface area (Å²) in [6, 6.07) is 5.91. The summed E-state index contributed by atoms with van der Waals surface area (Å²) in [5.41, 5.74) is 3.12. The number of rotatable bonds is 2. The predicted molar refractivity (Wildman–Crippen MR) is 60.3 cm³/mol. The first-order chi connectivity index (χ1) is 7.11. The largest absolute Gasteiger partial charge is 0.453 e. The van der Waals surface area contributed by atoms with Gasteiger partial charge >= 0.3 is 0 Å². The van der Waals surface area contributed by atoms with Crippen LogP contribution in [0.4, 0.5) is 0 Å². The normalized spacial score (nSPS) is 10.9. The van der Waals surface area contributed by atoms with Crippen LogP contribution in [0.15, 0.2) is 22.6 Å². The van der Waals surface area contributed by atoms with Gasteiger partial charge < -0.3 is 4.42 Å². The maximum atomic E-state index is 11.5. The zero-order chi connectivity index (χ0) is 11.0. The van der Waals surface area contributed by atoms with Crippen molar-refractivity contribution in [3.63, 3.8) is 0 Å². The van der Waals surface area contributed by atoms with E-state index in [9.17, 15) is 4.79 Å². The second-order valence-electron chi connectivity index (χ2n) is 3.88. The quantitative estimate of drug-likeness (QED) is 0.696. The Morgan fingerprint density at radius 1 is 1.27 bits per heavy atom. The van der Waals surface area contributed by atoms with Crippen LogP contribution in [0.2, 0.25) is 0 Å². The van der Waals surface area contributed by atoms with Gasteiger partial charge in [0.2, 0.25) is 0 Å². The van der Waals surface area contributed by atoms with E-state index < -0.39 is 0 Å². The number of furan rings is 1. The maximum Gasteiger partial charge on any atom is 0.197 e. The first-order valence-electron chi connectivity index (χ1n) is 5.16. The third-order valence-corrected chi connectivity index (χ3v) is 2.58.